The van der Waals surface area contributed by atoms with Crippen molar-refractivity contribution in [2.45, 2.75) is 12.7 Å². The molecule has 122 valence electrons. The van der Waals surface area contributed by atoms with Crippen LogP contribution in [0.1, 0.15) is 16.1 Å². The summed E-state index contributed by atoms with van der Waals surface area (Å²) < 4.78 is 42.8. The molecule has 2 aromatic rings. The standard InChI is InChI=1S/C14H12F3N3O3/c1-23-13(22)9-4-2-3-5-10(9)18-12(21)8-20-7-6-11(19-20)14(15,16)17/h2-7H,8H2,1H3,(H,18,21). The molecule has 0 radical (unpaired) electrons. The van der Waals surface area contributed by atoms with Gasteiger partial charge in [0.25, 0.3) is 0 Å². The summed E-state index contributed by atoms with van der Waals surface area (Å²) in [6.45, 7) is -0.425. The summed E-state index contributed by atoms with van der Waals surface area (Å²) >= 11 is 0. The van der Waals surface area contributed by atoms with Gasteiger partial charge in [0.1, 0.15) is 6.54 Å². The number of carbonyl (C=O) groups is 2. The van der Waals surface area contributed by atoms with E-state index in [1.54, 1.807) is 12.1 Å². The average molecular weight is 327 g/mol. The summed E-state index contributed by atoms with van der Waals surface area (Å²) in [6.07, 6.45) is -3.52. The fourth-order valence-corrected chi connectivity index (χ4v) is 1.82. The van der Waals surface area contributed by atoms with Crippen molar-refractivity contribution in [3.63, 3.8) is 0 Å². The molecule has 2 rings (SSSR count). The molecule has 0 bridgehead atoms. The van der Waals surface area contributed by atoms with Gasteiger partial charge >= 0.3 is 12.1 Å². The third kappa shape index (κ3) is 4.09. The Balaban J connectivity index is 2.09. The van der Waals surface area contributed by atoms with Gasteiger partial charge in [-0.05, 0) is 18.2 Å². The number of rotatable bonds is 4. The molecule has 1 aromatic carbocycles. The molecule has 6 nitrogen and oxygen atoms in total. The third-order valence-electron chi connectivity index (χ3n) is 2.84. The topological polar surface area (TPSA) is 73.2 Å². The molecule has 0 atom stereocenters. The van der Waals surface area contributed by atoms with E-state index in [1.165, 1.54) is 19.2 Å². The van der Waals surface area contributed by atoms with Gasteiger partial charge in [-0.15, -0.1) is 0 Å². The van der Waals surface area contributed by atoms with Crippen LogP contribution in [0.5, 0.6) is 0 Å². The van der Waals surface area contributed by atoms with Crippen LogP contribution in [0, 0.1) is 0 Å². The molecule has 0 aliphatic heterocycles. The van der Waals surface area contributed by atoms with Gasteiger partial charge in [0.15, 0.2) is 5.69 Å². The number of carbonyl (C=O) groups excluding carboxylic acids is 2. The van der Waals surface area contributed by atoms with E-state index in [0.717, 1.165) is 16.9 Å². The number of alkyl halides is 3. The first-order valence-electron chi connectivity index (χ1n) is 6.39. The summed E-state index contributed by atoms with van der Waals surface area (Å²) in [6, 6.07) is 6.89. The second-order valence-corrected chi connectivity index (χ2v) is 4.48. The van der Waals surface area contributed by atoms with Gasteiger partial charge < -0.3 is 10.1 Å². The van der Waals surface area contributed by atoms with Crippen molar-refractivity contribution < 1.29 is 27.5 Å². The fraction of sp³-hybridized carbons (Fsp3) is 0.214. The first kappa shape index (κ1) is 16.5. The quantitative estimate of drug-likeness (QED) is 0.875. The highest BCUT2D eigenvalue weighted by atomic mass is 19.4. The van der Waals surface area contributed by atoms with Crippen LogP contribution < -0.4 is 5.32 Å². The summed E-state index contributed by atoms with van der Waals surface area (Å²) in [4.78, 5) is 23.5. The number of amides is 1. The smallest absolute Gasteiger partial charge is 0.435 e. The fourth-order valence-electron chi connectivity index (χ4n) is 1.82. The van der Waals surface area contributed by atoms with Gasteiger partial charge in [-0.25, -0.2) is 4.79 Å². The Kier molecular flexibility index (Phi) is 4.68. The predicted molar refractivity (Wildman–Crippen MR) is 73.6 cm³/mol. The zero-order valence-corrected chi connectivity index (χ0v) is 11.9. The molecule has 0 unspecified atom stereocenters. The molecule has 9 heteroatoms. The molecule has 1 N–H and O–H groups in total. The van der Waals surface area contributed by atoms with Crippen LogP contribution in [-0.4, -0.2) is 28.8 Å². The lowest BCUT2D eigenvalue weighted by molar-refractivity contribution is -0.141. The molecule has 0 saturated heterocycles. The van der Waals surface area contributed by atoms with Crippen molar-refractivity contribution in [2.24, 2.45) is 0 Å². The number of nitrogens with one attached hydrogen (secondary N) is 1. The van der Waals surface area contributed by atoms with Crippen molar-refractivity contribution in [1.29, 1.82) is 0 Å². The van der Waals surface area contributed by atoms with E-state index in [2.05, 4.69) is 15.2 Å². The number of hydrogen-bond donors (Lipinski definition) is 1. The van der Waals surface area contributed by atoms with E-state index in [1.807, 2.05) is 0 Å². The highest BCUT2D eigenvalue weighted by Crippen LogP contribution is 2.27. The number of methoxy groups -OCH3 is 1. The Hall–Kier alpha value is -2.84. The SMILES string of the molecule is COC(=O)c1ccccc1NC(=O)Cn1ccc(C(F)(F)F)n1. The molecule has 0 saturated carbocycles. The van der Waals surface area contributed by atoms with Crippen LogP contribution in [0.15, 0.2) is 36.5 Å². The summed E-state index contributed by atoms with van der Waals surface area (Å²) in [5.41, 5.74) is -0.743. The number of benzene rings is 1. The molecular weight excluding hydrogens is 315 g/mol. The Morgan fingerprint density at radius 2 is 1.96 bits per heavy atom. The molecule has 0 aliphatic carbocycles. The van der Waals surface area contributed by atoms with E-state index in [0.29, 0.717) is 0 Å². The zero-order chi connectivity index (χ0) is 17.0. The first-order valence-corrected chi connectivity index (χ1v) is 6.39. The number of anilines is 1. The molecule has 1 heterocycles. The van der Waals surface area contributed by atoms with Gasteiger partial charge in [-0.1, -0.05) is 12.1 Å². The Labute approximate surface area is 128 Å². The van der Waals surface area contributed by atoms with Crippen molar-refractivity contribution in [1.82, 2.24) is 9.78 Å². The van der Waals surface area contributed by atoms with Crippen molar-refractivity contribution >= 4 is 17.6 Å². The number of aromatic nitrogens is 2. The van der Waals surface area contributed by atoms with Gasteiger partial charge in [-0.2, -0.15) is 18.3 Å². The summed E-state index contributed by atoms with van der Waals surface area (Å²) in [7, 11) is 1.20. The van der Waals surface area contributed by atoms with Crippen LogP contribution in [0.2, 0.25) is 0 Å². The molecule has 0 aliphatic rings. The number of hydrogen-bond acceptors (Lipinski definition) is 4. The minimum atomic E-state index is -4.57. The van der Waals surface area contributed by atoms with Crippen LogP contribution in [0.25, 0.3) is 0 Å². The normalized spacial score (nSPS) is 11.1. The zero-order valence-electron chi connectivity index (χ0n) is 11.9. The number of esters is 1. The second-order valence-electron chi connectivity index (χ2n) is 4.48. The summed E-state index contributed by atoms with van der Waals surface area (Å²) in [5, 5.41) is 5.72. The van der Waals surface area contributed by atoms with Crippen molar-refractivity contribution in [3.8, 4) is 0 Å². The van der Waals surface area contributed by atoms with E-state index in [4.69, 9.17) is 0 Å². The number of halogens is 3. The lowest BCUT2D eigenvalue weighted by atomic mass is 10.2. The minimum absolute atomic E-state index is 0.139. The Bertz CT molecular complexity index is 725. The maximum absolute atomic E-state index is 12.4. The van der Waals surface area contributed by atoms with E-state index in [-0.39, 0.29) is 11.3 Å². The second kappa shape index (κ2) is 6.51. The molecule has 23 heavy (non-hydrogen) atoms. The van der Waals surface area contributed by atoms with Gasteiger partial charge in [0.2, 0.25) is 5.91 Å². The Morgan fingerprint density at radius 1 is 1.26 bits per heavy atom. The minimum Gasteiger partial charge on any atom is -0.465 e. The average Bonchev–Trinajstić information content (AvgIpc) is 2.95. The molecule has 0 spiro atoms. The monoisotopic (exact) mass is 327 g/mol. The molecule has 0 fully saturated rings. The van der Waals surface area contributed by atoms with Crippen molar-refractivity contribution in [2.75, 3.05) is 12.4 Å². The number of para-hydroxylation sites is 1. The van der Waals surface area contributed by atoms with Crippen LogP contribution >= 0.6 is 0 Å². The van der Waals surface area contributed by atoms with Crippen LogP contribution in [0.3, 0.4) is 0 Å². The van der Waals surface area contributed by atoms with E-state index in [9.17, 15) is 22.8 Å². The maximum Gasteiger partial charge on any atom is 0.435 e. The highest BCUT2D eigenvalue weighted by molar-refractivity contribution is 6.01. The molecule has 1 amide bonds. The van der Waals surface area contributed by atoms with Crippen molar-refractivity contribution in [3.05, 3.63) is 47.8 Å². The number of ether oxygens (including phenoxy) is 1. The molecule has 1 aromatic heterocycles. The largest absolute Gasteiger partial charge is 0.465 e. The first-order chi connectivity index (χ1) is 10.8. The third-order valence-corrected chi connectivity index (χ3v) is 2.84. The highest BCUT2D eigenvalue weighted by Gasteiger charge is 2.33. The maximum atomic E-state index is 12.4. The van der Waals surface area contributed by atoms with Gasteiger partial charge in [0.05, 0.1) is 18.4 Å². The summed E-state index contributed by atoms with van der Waals surface area (Å²) in [5.74, 6) is -1.27. The lowest BCUT2D eigenvalue weighted by Gasteiger charge is -2.09. The Morgan fingerprint density at radius 3 is 2.57 bits per heavy atom. The lowest BCUT2D eigenvalue weighted by Crippen LogP contribution is -2.21. The van der Waals surface area contributed by atoms with Crippen LogP contribution in [0.4, 0.5) is 18.9 Å². The molecular formula is C14H12F3N3O3. The van der Waals surface area contributed by atoms with Gasteiger partial charge in [-0.3, -0.25) is 9.48 Å². The predicted octanol–water partition coefficient (Wildman–Crippen LogP) is 2.33. The number of nitrogens with zero attached hydrogens (tertiary/aromatic N) is 2. The van der Waals surface area contributed by atoms with Crippen LogP contribution in [-0.2, 0) is 22.3 Å². The van der Waals surface area contributed by atoms with E-state index < -0.39 is 30.3 Å². The van der Waals surface area contributed by atoms with E-state index >= 15 is 0 Å². The van der Waals surface area contributed by atoms with Gasteiger partial charge in [0, 0.05) is 6.20 Å².